The molecule has 3 atom stereocenters. The number of fused-ring (bicyclic) bond motifs is 1. The topological polar surface area (TPSA) is 133 Å². The predicted octanol–water partition coefficient (Wildman–Crippen LogP) is 5.31. The molecule has 2 amide bonds. The molecule has 0 spiro atoms. The summed E-state index contributed by atoms with van der Waals surface area (Å²) in [6.07, 6.45) is 5.48. The first-order valence-corrected chi connectivity index (χ1v) is 17.8. The molecule has 4 N–H and O–H groups in total. The van der Waals surface area contributed by atoms with Gasteiger partial charge in [-0.2, -0.15) is 0 Å². The summed E-state index contributed by atoms with van der Waals surface area (Å²) in [4.78, 5) is 39.9. The SMILES string of the molecule is COc1nc(-c2cccc(-c3cccc(-c4ccc5c(n4)N(C)CC[C@H]5NC[C@@H]4CCC(=O)N4)c3Cl)c2Cl)cnc1CNC[C@@H]1CCC(=O)N1. The summed E-state index contributed by atoms with van der Waals surface area (Å²) in [7, 11) is 3.63. The van der Waals surface area contributed by atoms with E-state index < -0.39 is 0 Å². The quantitative estimate of drug-likeness (QED) is 0.163. The minimum atomic E-state index is 0.0875. The Labute approximate surface area is 301 Å². The molecular formula is C37H40Cl2N8O3. The molecule has 2 aromatic heterocycles. The third kappa shape index (κ3) is 7.14. The van der Waals surface area contributed by atoms with Crippen LogP contribution in [0.5, 0.6) is 5.88 Å². The molecule has 3 aliphatic heterocycles. The van der Waals surface area contributed by atoms with E-state index in [1.165, 1.54) is 0 Å². The van der Waals surface area contributed by atoms with Gasteiger partial charge < -0.3 is 30.9 Å². The van der Waals surface area contributed by atoms with Gasteiger partial charge in [-0.25, -0.2) is 9.97 Å². The van der Waals surface area contributed by atoms with E-state index >= 15 is 0 Å². The van der Waals surface area contributed by atoms with E-state index in [2.05, 4.69) is 44.3 Å². The minimum absolute atomic E-state index is 0.0875. The molecule has 260 valence electrons. The lowest BCUT2D eigenvalue weighted by Gasteiger charge is -2.33. The molecule has 5 heterocycles. The number of halogens is 2. The second-order valence-electron chi connectivity index (χ2n) is 13.1. The third-order valence-corrected chi connectivity index (χ3v) is 10.5. The molecular weight excluding hydrogens is 675 g/mol. The van der Waals surface area contributed by atoms with Gasteiger partial charge in [-0.15, -0.1) is 0 Å². The highest BCUT2D eigenvalue weighted by Gasteiger charge is 2.28. The minimum Gasteiger partial charge on any atom is -0.480 e. The van der Waals surface area contributed by atoms with Crippen LogP contribution in [0.1, 0.15) is 49.4 Å². The van der Waals surface area contributed by atoms with E-state index in [0.29, 0.717) is 58.8 Å². The van der Waals surface area contributed by atoms with Crippen LogP contribution in [0.3, 0.4) is 0 Å². The zero-order chi connectivity index (χ0) is 34.8. The molecule has 2 aromatic carbocycles. The van der Waals surface area contributed by atoms with Crippen LogP contribution in [0.4, 0.5) is 5.82 Å². The van der Waals surface area contributed by atoms with Gasteiger partial charge in [-0.3, -0.25) is 14.6 Å². The Morgan fingerprint density at radius 1 is 0.840 bits per heavy atom. The van der Waals surface area contributed by atoms with E-state index in [1.54, 1.807) is 13.3 Å². The van der Waals surface area contributed by atoms with Gasteiger partial charge >= 0.3 is 0 Å². The van der Waals surface area contributed by atoms with Crippen molar-refractivity contribution in [2.24, 2.45) is 0 Å². The van der Waals surface area contributed by atoms with Crippen molar-refractivity contribution in [2.75, 3.05) is 38.7 Å². The number of ether oxygens (including phenoxy) is 1. The van der Waals surface area contributed by atoms with E-state index in [-0.39, 0.29) is 29.9 Å². The first-order chi connectivity index (χ1) is 24.3. The van der Waals surface area contributed by atoms with Gasteiger partial charge in [0.1, 0.15) is 11.5 Å². The molecule has 0 radical (unpaired) electrons. The molecule has 0 saturated carbocycles. The number of carbonyl (C=O) groups is 2. The summed E-state index contributed by atoms with van der Waals surface area (Å²) in [5, 5.41) is 14.1. The highest BCUT2D eigenvalue weighted by atomic mass is 35.5. The predicted molar refractivity (Wildman–Crippen MR) is 195 cm³/mol. The molecule has 2 saturated heterocycles. The Morgan fingerprint density at radius 2 is 1.48 bits per heavy atom. The number of nitrogens with one attached hydrogen (secondary N) is 4. The summed E-state index contributed by atoms with van der Waals surface area (Å²) in [6, 6.07) is 16.3. The third-order valence-electron chi connectivity index (χ3n) is 9.70. The zero-order valence-electron chi connectivity index (χ0n) is 28.1. The summed E-state index contributed by atoms with van der Waals surface area (Å²) in [5.41, 5.74) is 6.20. The second-order valence-corrected chi connectivity index (χ2v) is 13.8. The van der Waals surface area contributed by atoms with E-state index in [1.807, 2.05) is 42.5 Å². The normalized spacial score (nSPS) is 20.1. The number of hydrogen-bond donors (Lipinski definition) is 4. The highest BCUT2D eigenvalue weighted by molar-refractivity contribution is 6.39. The first kappa shape index (κ1) is 34.2. The van der Waals surface area contributed by atoms with Gasteiger partial charge in [0.15, 0.2) is 0 Å². The van der Waals surface area contributed by atoms with Crippen LogP contribution in [0.2, 0.25) is 10.0 Å². The molecule has 3 aliphatic rings. The van der Waals surface area contributed by atoms with Gasteiger partial charge in [-0.1, -0.05) is 65.7 Å². The van der Waals surface area contributed by atoms with Crippen LogP contribution in [-0.2, 0) is 16.1 Å². The molecule has 0 bridgehead atoms. The van der Waals surface area contributed by atoms with Crippen molar-refractivity contribution in [2.45, 2.75) is 56.8 Å². The molecule has 7 rings (SSSR count). The lowest BCUT2D eigenvalue weighted by Crippen LogP contribution is -2.40. The number of amides is 2. The van der Waals surface area contributed by atoms with Gasteiger partial charge in [0, 0.05) is 92.0 Å². The number of hydrogen-bond acceptors (Lipinski definition) is 9. The summed E-state index contributed by atoms with van der Waals surface area (Å²) in [6.45, 7) is 2.68. The molecule has 0 aliphatic carbocycles. The number of nitrogens with zero attached hydrogens (tertiary/aromatic N) is 4. The lowest BCUT2D eigenvalue weighted by atomic mass is 9.96. The molecule has 4 aromatic rings. The van der Waals surface area contributed by atoms with Crippen molar-refractivity contribution in [3.63, 3.8) is 0 Å². The van der Waals surface area contributed by atoms with Crippen LogP contribution in [-0.4, -0.2) is 72.6 Å². The van der Waals surface area contributed by atoms with Crippen molar-refractivity contribution in [1.29, 1.82) is 0 Å². The Kier molecular flexibility index (Phi) is 10.2. The lowest BCUT2D eigenvalue weighted by molar-refractivity contribution is -0.120. The van der Waals surface area contributed by atoms with Crippen molar-refractivity contribution in [1.82, 2.24) is 36.2 Å². The fourth-order valence-electron chi connectivity index (χ4n) is 6.98. The van der Waals surface area contributed by atoms with Gasteiger partial charge in [0.25, 0.3) is 0 Å². The largest absolute Gasteiger partial charge is 0.480 e. The zero-order valence-corrected chi connectivity index (χ0v) is 29.6. The van der Waals surface area contributed by atoms with Crippen LogP contribution in [0, 0.1) is 0 Å². The standard InChI is InChI=1S/C37H40Cl2N8O3/c1-47-16-15-28(41-18-22-10-14-33(49)44-22)27-11-12-29(45-36(27)47)25-7-3-5-23(34(25)38)24-6-4-8-26(35(24)39)30-20-42-31(37(46-30)50-2)19-40-17-21-9-13-32(48)43-21/h3-8,11-12,20-22,28,40-41H,9-10,13-19H2,1-2H3,(H,43,48)(H,44,49)/t21-,22-,28+/m0/s1. The van der Waals surface area contributed by atoms with Crippen molar-refractivity contribution in [3.05, 3.63) is 76.0 Å². The van der Waals surface area contributed by atoms with Crippen LogP contribution < -0.4 is 30.9 Å². The summed E-state index contributed by atoms with van der Waals surface area (Å²) in [5.74, 6) is 1.53. The van der Waals surface area contributed by atoms with E-state index in [4.69, 9.17) is 37.9 Å². The monoisotopic (exact) mass is 714 g/mol. The number of aromatic nitrogens is 3. The fourth-order valence-corrected chi connectivity index (χ4v) is 7.63. The number of rotatable bonds is 11. The van der Waals surface area contributed by atoms with E-state index in [9.17, 15) is 9.59 Å². The number of anilines is 1. The van der Waals surface area contributed by atoms with Crippen molar-refractivity contribution < 1.29 is 14.3 Å². The molecule has 2 fully saturated rings. The first-order valence-electron chi connectivity index (χ1n) is 17.0. The molecule has 50 heavy (non-hydrogen) atoms. The molecule has 13 heteroatoms. The van der Waals surface area contributed by atoms with Crippen molar-refractivity contribution >= 4 is 40.8 Å². The maximum Gasteiger partial charge on any atom is 0.237 e. The highest BCUT2D eigenvalue weighted by Crippen LogP contribution is 2.43. The number of pyridine rings is 1. The Balaban J connectivity index is 1.12. The van der Waals surface area contributed by atoms with Gasteiger partial charge in [0.2, 0.25) is 17.7 Å². The maximum atomic E-state index is 11.7. The maximum absolute atomic E-state index is 11.7. The Hall–Kier alpha value is -4.29. The average molecular weight is 716 g/mol. The van der Waals surface area contributed by atoms with Gasteiger partial charge in [0.05, 0.1) is 34.7 Å². The molecule has 0 unspecified atom stereocenters. The van der Waals surface area contributed by atoms with Crippen LogP contribution in [0.15, 0.2) is 54.7 Å². The van der Waals surface area contributed by atoms with Crippen molar-refractivity contribution in [3.8, 4) is 39.5 Å². The van der Waals surface area contributed by atoms with Gasteiger partial charge in [-0.05, 0) is 25.3 Å². The van der Waals surface area contributed by atoms with E-state index in [0.717, 1.165) is 66.1 Å². The Bertz CT molecular complexity index is 1920. The summed E-state index contributed by atoms with van der Waals surface area (Å²) >= 11 is 14.3. The smallest absolute Gasteiger partial charge is 0.237 e. The fraction of sp³-hybridized carbons (Fsp3) is 0.378. The average Bonchev–Trinajstić information content (AvgIpc) is 3.75. The number of methoxy groups -OCH3 is 1. The Morgan fingerprint density at radius 3 is 2.12 bits per heavy atom. The van der Waals surface area contributed by atoms with Crippen LogP contribution >= 0.6 is 23.2 Å². The number of benzene rings is 2. The second kappa shape index (κ2) is 14.9. The molecule has 11 nitrogen and oxygen atoms in total. The summed E-state index contributed by atoms with van der Waals surface area (Å²) < 4.78 is 5.60. The number of carbonyl (C=O) groups excluding carboxylic acids is 2. The van der Waals surface area contributed by atoms with Crippen LogP contribution in [0.25, 0.3) is 33.6 Å².